The van der Waals surface area contributed by atoms with Crippen molar-refractivity contribution >= 4 is 27.7 Å². The van der Waals surface area contributed by atoms with Crippen LogP contribution in [0.2, 0.25) is 0 Å². The van der Waals surface area contributed by atoms with Gasteiger partial charge in [0.25, 0.3) is 0 Å². The Morgan fingerprint density at radius 3 is 0.857 bits per heavy atom. The first kappa shape index (κ1) is 29.9. The summed E-state index contributed by atoms with van der Waals surface area (Å²) in [5.41, 5.74) is 0. The molecule has 0 fully saturated rings. The maximum atomic E-state index is 8.16. The number of rotatable bonds is 16. The highest BCUT2D eigenvalue weighted by atomic mass is 28.4. The van der Waals surface area contributed by atoms with Crippen molar-refractivity contribution in [1.29, 1.82) is 0 Å². The van der Waals surface area contributed by atoms with Crippen molar-refractivity contribution in [2.45, 2.75) is 55.4 Å². The minimum absolute atomic E-state index is 0.962. The van der Waals surface area contributed by atoms with Gasteiger partial charge < -0.3 is 4.12 Å². The molecule has 0 unspecified atom stereocenters. The van der Waals surface area contributed by atoms with Gasteiger partial charge in [0, 0.05) is 0 Å². The molecule has 0 aliphatic carbocycles. The van der Waals surface area contributed by atoms with Crippen LogP contribution in [0.25, 0.3) is 0 Å². The van der Waals surface area contributed by atoms with Crippen LogP contribution < -0.4 is 10.4 Å². The van der Waals surface area contributed by atoms with Crippen LogP contribution in [-0.4, -0.2) is 87.9 Å². The van der Waals surface area contributed by atoms with Gasteiger partial charge in [0.15, 0.2) is 0 Å². The zero-order chi connectivity index (χ0) is 25.9. The molecule has 7 heteroatoms. The molecule has 0 aromatic heterocycles. The van der Waals surface area contributed by atoms with Crippen LogP contribution in [0.3, 0.4) is 0 Å². The van der Waals surface area contributed by atoms with Crippen LogP contribution in [0.5, 0.6) is 0 Å². The van der Waals surface area contributed by atoms with Crippen molar-refractivity contribution in [2.75, 3.05) is 52.4 Å². The van der Waals surface area contributed by atoms with Gasteiger partial charge in [0.2, 0.25) is 0 Å². The van der Waals surface area contributed by atoms with E-state index in [9.17, 15) is 0 Å². The van der Waals surface area contributed by atoms with Crippen molar-refractivity contribution < 1.29 is 4.12 Å². The molecule has 0 atom stereocenters. The highest BCUT2D eigenvalue weighted by Gasteiger charge is 2.59. The largest absolute Gasteiger partial charge is 0.402 e. The number of benzene rings is 2. The molecule has 0 aliphatic rings. The van der Waals surface area contributed by atoms with Gasteiger partial charge >= 0.3 is 17.3 Å². The van der Waals surface area contributed by atoms with E-state index in [2.05, 4.69) is 134 Å². The lowest BCUT2D eigenvalue weighted by Crippen LogP contribution is -2.85. The Morgan fingerprint density at radius 1 is 0.429 bits per heavy atom. The molecule has 0 spiro atoms. The summed E-state index contributed by atoms with van der Waals surface area (Å²) in [4.78, 5) is 0. The summed E-state index contributed by atoms with van der Waals surface area (Å²) in [6, 6.07) is 22.3. The molecule has 0 radical (unpaired) electrons. The van der Waals surface area contributed by atoms with E-state index >= 15 is 0 Å². The molecule has 2 aromatic rings. The van der Waals surface area contributed by atoms with Gasteiger partial charge in [-0.25, -0.2) is 0 Å². The predicted octanol–water partition coefficient (Wildman–Crippen LogP) is 4.06. The smallest absolute Gasteiger partial charge is 0.383 e. The first-order valence-electron chi connectivity index (χ1n) is 13.8. The first-order valence-corrected chi connectivity index (χ1v) is 17.4. The van der Waals surface area contributed by atoms with Crippen LogP contribution >= 0.6 is 0 Å². The second-order valence-electron chi connectivity index (χ2n) is 8.74. The standard InChI is InChI=1S/C28H50N4OSi2/c1-9-29(10-2)34(30(11-3)12-4,27-23-19-17-20-24-27)33-35(31(13-5)14-6,32(15-7)16-8)28-25-21-18-22-26-28/h17-26H,9-16H2,1-8H3. The maximum absolute atomic E-state index is 8.16. The molecule has 0 bridgehead atoms. The molecular weight excluding hydrogens is 465 g/mol. The van der Waals surface area contributed by atoms with E-state index in [0.717, 1.165) is 52.4 Å². The summed E-state index contributed by atoms with van der Waals surface area (Å²) >= 11 is 0. The van der Waals surface area contributed by atoms with E-state index in [1.807, 2.05) is 0 Å². The zero-order valence-electron chi connectivity index (χ0n) is 23.6. The molecule has 35 heavy (non-hydrogen) atoms. The Labute approximate surface area is 218 Å². The molecule has 0 heterocycles. The predicted molar refractivity (Wildman–Crippen MR) is 156 cm³/mol. The van der Waals surface area contributed by atoms with Gasteiger partial charge in [-0.3, -0.25) is 18.3 Å². The van der Waals surface area contributed by atoms with Crippen LogP contribution in [0.4, 0.5) is 0 Å². The third-order valence-electron chi connectivity index (χ3n) is 7.35. The quantitative estimate of drug-likeness (QED) is 0.314. The van der Waals surface area contributed by atoms with E-state index in [0.29, 0.717) is 0 Å². The highest BCUT2D eigenvalue weighted by molar-refractivity contribution is 6.94. The first-order chi connectivity index (χ1) is 17.0. The molecular formula is C28H50N4OSi2. The summed E-state index contributed by atoms with van der Waals surface area (Å²) < 4.78 is 18.8. The highest BCUT2D eigenvalue weighted by Crippen LogP contribution is 2.28. The van der Waals surface area contributed by atoms with E-state index < -0.39 is 17.3 Å². The lowest BCUT2D eigenvalue weighted by atomic mass is 10.4. The van der Waals surface area contributed by atoms with Gasteiger partial charge in [0.1, 0.15) is 0 Å². The van der Waals surface area contributed by atoms with E-state index in [1.165, 1.54) is 10.4 Å². The van der Waals surface area contributed by atoms with Crippen molar-refractivity contribution in [2.24, 2.45) is 0 Å². The number of hydrogen-bond acceptors (Lipinski definition) is 5. The Balaban J connectivity index is 3.03. The molecule has 5 nitrogen and oxygen atoms in total. The summed E-state index contributed by atoms with van der Waals surface area (Å²) in [5, 5.41) is 2.69. The fourth-order valence-electron chi connectivity index (χ4n) is 5.62. The lowest BCUT2D eigenvalue weighted by Gasteiger charge is -2.55. The van der Waals surface area contributed by atoms with Gasteiger partial charge in [0.05, 0.1) is 0 Å². The molecule has 2 rings (SSSR count). The van der Waals surface area contributed by atoms with Crippen LogP contribution in [0.15, 0.2) is 60.7 Å². The van der Waals surface area contributed by atoms with Crippen molar-refractivity contribution in [3.05, 3.63) is 60.7 Å². The molecule has 0 amide bonds. The van der Waals surface area contributed by atoms with Crippen LogP contribution in [-0.2, 0) is 4.12 Å². The molecule has 0 aliphatic heterocycles. The molecule has 0 saturated heterocycles. The van der Waals surface area contributed by atoms with E-state index in [4.69, 9.17) is 4.12 Å². The normalized spacial score (nSPS) is 12.9. The van der Waals surface area contributed by atoms with E-state index in [1.54, 1.807) is 0 Å². The fourth-order valence-corrected chi connectivity index (χ4v) is 17.2. The molecule has 196 valence electrons. The maximum Gasteiger partial charge on any atom is 0.383 e. The lowest BCUT2D eigenvalue weighted by molar-refractivity contribution is 0.213. The Kier molecular flexibility index (Phi) is 12.3. The van der Waals surface area contributed by atoms with Crippen molar-refractivity contribution in [3.8, 4) is 0 Å². The van der Waals surface area contributed by atoms with Gasteiger partial charge in [-0.2, -0.15) is 0 Å². The monoisotopic (exact) mass is 514 g/mol. The number of hydrogen-bond donors (Lipinski definition) is 0. The third kappa shape index (κ3) is 5.82. The van der Waals surface area contributed by atoms with E-state index in [-0.39, 0.29) is 0 Å². The fraction of sp³-hybridized carbons (Fsp3) is 0.571. The summed E-state index contributed by atoms with van der Waals surface area (Å²) in [6.45, 7) is 26.0. The molecule has 0 saturated carbocycles. The van der Waals surface area contributed by atoms with Crippen molar-refractivity contribution in [1.82, 2.24) is 18.3 Å². The van der Waals surface area contributed by atoms with Crippen LogP contribution in [0.1, 0.15) is 55.4 Å². The minimum atomic E-state index is -2.79. The average Bonchev–Trinajstić information content (AvgIpc) is 2.91. The van der Waals surface area contributed by atoms with Gasteiger partial charge in [-0.05, 0) is 62.7 Å². The van der Waals surface area contributed by atoms with Crippen molar-refractivity contribution in [3.63, 3.8) is 0 Å². The molecule has 2 aromatic carbocycles. The number of nitrogens with zero attached hydrogens (tertiary/aromatic N) is 4. The third-order valence-corrected chi connectivity index (χ3v) is 17.8. The summed E-state index contributed by atoms with van der Waals surface area (Å²) in [6.07, 6.45) is 0. The van der Waals surface area contributed by atoms with Gasteiger partial charge in [-0.15, -0.1) is 0 Å². The summed E-state index contributed by atoms with van der Waals surface area (Å²) in [7, 11) is -5.59. The topological polar surface area (TPSA) is 22.2 Å². The summed E-state index contributed by atoms with van der Waals surface area (Å²) in [5.74, 6) is 0. The minimum Gasteiger partial charge on any atom is -0.402 e. The van der Waals surface area contributed by atoms with Gasteiger partial charge in [-0.1, -0.05) is 116 Å². The van der Waals surface area contributed by atoms with Crippen LogP contribution in [0, 0.1) is 0 Å². The Bertz CT molecular complexity index is 730. The zero-order valence-corrected chi connectivity index (χ0v) is 25.6. The SMILES string of the molecule is CCN(CC)[Si](O[Si](c1ccccc1)(N(CC)CC)N(CC)CC)(c1ccccc1)N(CC)CC. The second-order valence-corrected chi connectivity index (χ2v) is 15.7. The molecule has 0 N–H and O–H groups in total. The Morgan fingerprint density at radius 2 is 0.657 bits per heavy atom. The Hall–Kier alpha value is -1.33. The second kappa shape index (κ2) is 14.4. The average molecular weight is 515 g/mol.